The van der Waals surface area contributed by atoms with Crippen LogP contribution in [0, 0.1) is 0 Å². The Balaban J connectivity index is 2.80. The van der Waals surface area contributed by atoms with Crippen LogP contribution < -0.4 is 10.6 Å². The van der Waals surface area contributed by atoms with Crippen molar-refractivity contribution in [2.24, 2.45) is 5.73 Å². The highest BCUT2D eigenvalue weighted by molar-refractivity contribution is 7.98. The van der Waals surface area contributed by atoms with E-state index in [9.17, 15) is 0 Å². The Morgan fingerprint density at radius 3 is 2.63 bits per heavy atom. The normalized spacial score (nSPS) is 14.2. The molecule has 0 heterocycles. The molecule has 0 aliphatic carbocycles. The van der Waals surface area contributed by atoms with Crippen LogP contribution in [-0.2, 0) is 6.42 Å². The fourth-order valence-electron chi connectivity index (χ4n) is 2.17. The average Bonchev–Trinajstić information content (AvgIpc) is 2.44. The van der Waals surface area contributed by atoms with Gasteiger partial charge in [-0.3, -0.25) is 0 Å². The van der Waals surface area contributed by atoms with E-state index in [1.165, 1.54) is 23.4 Å². The molecule has 0 spiro atoms. The quantitative estimate of drug-likeness (QED) is 0.789. The van der Waals surface area contributed by atoms with Crippen molar-refractivity contribution in [3.05, 3.63) is 29.8 Å². The van der Waals surface area contributed by atoms with Crippen LogP contribution in [0.25, 0.3) is 0 Å². The first-order valence-electron chi connectivity index (χ1n) is 7.15. The molecule has 1 rings (SSSR count). The van der Waals surface area contributed by atoms with Crippen molar-refractivity contribution in [3.8, 4) is 0 Å². The lowest BCUT2D eigenvalue weighted by molar-refractivity contribution is 0.634. The van der Waals surface area contributed by atoms with Crippen molar-refractivity contribution in [3.63, 3.8) is 0 Å². The molecule has 2 N–H and O–H groups in total. The van der Waals surface area contributed by atoms with Crippen LogP contribution in [0.4, 0.5) is 5.69 Å². The lowest BCUT2D eigenvalue weighted by Gasteiger charge is -2.29. The smallest absolute Gasteiger partial charge is 0.0399 e. The summed E-state index contributed by atoms with van der Waals surface area (Å²) in [4.78, 5) is 2.40. The van der Waals surface area contributed by atoms with Gasteiger partial charge in [0.2, 0.25) is 0 Å². The van der Waals surface area contributed by atoms with Gasteiger partial charge in [0, 0.05) is 24.8 Å². The van der Waals surface area contributed by atoms with Gasteiger partial charge >= 0.3 is 0 Å². The van der Waals surface area contributed by atoms with Crippen molar-refractivity contribution in [1.82, 2.24) is 0 Å². The minimum absolute atomic E-state index is 0.260. The van der Waals surface area contributed by atoms with E-state index in [2.05, 4.69) is 56.3 Å². The van der Waals surface area contributed by atoms with Crippen molar-refractivity contribution in [2.45, 2.75) is 45.2 Å². The van der Waals surface area contributed by atoms with Crippen LogP contribution in [0.3, 0.4) is 0 Å². The third-order valence-corrected chi connectivity index (χ3v) is 4.42. The van der Waals surface area contributed by atoms with Crippen molar-refractivity contribution >= 4 is 17.4 Å². The second kappa shape index (κ2) is 8.49. The first-order valence-corrected chi connectivity index (χ1v) is 8.54. The summed E-state index contributed by atoms with van der Waals surface area (Å²) in [6, 6.07) is 9.48. The molecular formula is C16H28N2S. The second-order valence-corrected chi connectivity index (χ2v) is 6.23. The average molecular weight is 280 g/mol. The summed E-state index contributed by atoms with van der Waals surface area (Å²) in [5, 5.41) is 0. The Labute approximate surface area is 122 Å². The van der Waals surface area contributed by atoms with Crippen LogP contribution in [-0.4, -0.2) is 31.1 Å². The molecule has 0 fully saturated rings. The minimum atomic E-state index is 0.260. The lowest BCUT2D eigenvalue weighted by atomic mass is 10.0. The highest BCUT2D eigenvalue weighted by Crippen LogP contribution is 2.24. The van der Waals surface area contributed by atoms with Crippen LogP contribution in [0.1, 0.15) is 32.3 Å². The molecular weight excluding hydrogens is 252 g/mol. The molecule has 2 nitrogen and oxygen atoms in total. The second-order valence-electron chi connectivity index (χ2n) is 5.24. The van der Waals surface area contributed by atoms with Gasteiger partial charge in [0.15, 0.2) is 0 Å². The fourth-order valence-corrected chi connectivity index (χ4v) is 2.75. The molecule has 2 atom stereocenters. The maximum absolute atomic E-state index is 6.11. The SMILES string of the molecule is CCC(N)Cc1ccccc1N(C)C(C)CCSC. The van der Waals surface area contributed by atoms with Gasteiger partial charge in [0.1, 0.15) is 0 Å². The maximum Gasteiger partial charge on any atom is 0.0399 e. The van der Waals surface area contributed by atoms with Gasteiger partial charge in [-0.1, -0.05) is 25.1 Å². The largest absolute Gasteiger partial charge is 0.372 e. The third-order valence-electron chi connectivity index (χ3n) is 3.78. The Morgan fingerprint density at radius 2 is 2.00 bits per heavy atom. The van der Waals surface area contributed by atoms with E-state index in [4.69, 9.17) is 5.73 Å². The first kappa shape index (κ1) is 16.4. The van der Waals surface area contributed by atoms with Crippen molar-refractivity contribution < 1.29 is 0 Å². The predicted molar refractivity (Wildman–Crippen MR) is 89.3 cm³/mol. The summed E-state index contributed by atoms with van der Waals surface area (Å²) in [6.07, 6.45) is 5.37. The fraction of sp³-hybridized carbons (Fsp3) is 0.625. The highest BCUT2D eigenvalue weighted by atomic mass is 32.2. The molecule has 0 bridgehead atoms. The number of anilines is 1. The maximum atomic E-state index is 6.11. The molecule has 0 saturated heterocycles. The summed E-state index contributed by atoms with van der Waals surface area (Å²) in [5.41, 5.74) is 8.81. The molecule has 0 radical (unpaired) electrons. The van der Waals surface area contributed by atoms with E-state index < -0.39 is 0 Å². The van der Waals surface area contributed by atoms with E-state index in [1.807, 2.05) is 11.8 Å². The summed E-state index contributed by atoms with van der Waals surface area (Å²) in [5.74, 6) is 1.21. The molecule has 0 aliphatic rings. The van der Waals surface area contributed by atoms with Crippen molar-refractivity contribution in [1.29, 1.82) is 0 Å². The van der Waals surface area contributed by atoms with Gasteiger partial charge in [-0.05, 0) is 49.8 Å². The molecule has 0 saturated carbocycles. The zero-order valence-corrected chi connectivity index (χ0v) is 13.5. The molecule has 1 aromatic rings. The highest BCUT2D eigenvalue weighted by Gasteiger charge is 2.14. The van der Waals surface area contributed by atoms with E-state index in [1.54, 1.807) is 0 Å². The Hall–Kier alpha value is -0.670. The summed E-state index contributed by atoms with van der Waals surface area (Å²) >= 11 is 1.91. The van der Waals surface area contributed by atoms with Gasteiger partial charge < -0.3 is 10.6 Å². The summed E-state index contributed by atoms with van der Waals surface area (Å²) < 4.78 is 0. The van der Waals surface area contributed by atoms with E-state index >= 15 is 0 Å². The monoisotopic (exact) mass is 280 g/mol. The van der Waals surface area contributed by atoms with Crippen LogP contribution >= 0.6 is 11.8 Å². The zero-order valence-electron chi connectivity index (χ0n) is 12.7. The summed E-state index contributed by atoms with van der Waals surface area (Å²) in [7, 11) is 2.20. The number of hydrogen-bond donors (Lipinski definition) is 1. The molecule has 0 aromatic heterocycles. The van der Waals surface area contributed by atoms with Gasteiger partial charge in [-0.2, -0.15) is 11.8 Å². The third kappa shape index (κ3) is 5.07. The number of hydrogen-bond acceptors (Lipinski definition) is 3. The Morgan fingerprint density at radius 1 is 1.32 bits per heavy atom. The molecule has 0 aliphatic heterocycles. The number of thioether (sulfide) groups is 1. The van der Waals surface area contributed by atoms with Gasteiger partial charge in [0.05, 0.1) is 0 Å². The predicted octanol–water partition coefficient (Wildman–Crippen LogP) is 3.54. The lowest BCUT2D eigenvalue weighted by Crippen LogP contribution is -2.31. The molecule has 108 valence electrons. The molecule has 19 heavy (non-hydrogen) atoms. The summed E-state index contributed by atoms with van der Waals surface area (Å²) in [6.45, 7) is 4.45. The van der Waals surface area contributed by atoms with E-state index in [0.717, 1.165) is 12.8 Å². The van der Waals surface area contributed by atoms with Crippen LogP contribution in [0.2, 0.25) is 0 Å². The Kier molecular flexibility index (Phi) is 7.32. The first-order chi connectivity index (χ1) is 9.10. The topological polar surface area (TPSA) is 29.3 Å². The van der Waals surface area contributed by atoms with Crippen LogP contribution in [0.15, 0.2) is 24.3 Å². The number of nitrogens with two attached hydrogens (primary N) is 1. The Bertz CT molecular complexity index is 368. The van der Waals surface area contributed by atoms with Crippen molar-refractivity contribution in [2.75, 3.05) is 24.0 Å². The van der Waals surface area contributed by atoms with Gasteiger partial charge in [-0.25, -0.2) is 0 Å². The van der Waals surface area contributed by atoms with Gasteiger partial charge in [0.25, 0.3) is 0 Å². The standard InChI is InChI=1S/C16H28N2S/c1-5-15(17)12-14-8-6-7-9-16(14)18(3)13(2)10-11-19-4/h6-9,13,15H,5,10-12,17H2,1-4H3. The van der Waals surface area contributed by atoms with E-state index in [-0.39, 0.29) is 6.04 Å². The molecule has 1 aromatic carbocycles. The number of para-hydroxylation sites is 1. The number of rotatable bonds is 8. The molecule has 3 heteroatoms. The molecule has 0 amide bonds. The molecule has 2 unspecified atom stereocenters. The van der Waals surface area contributed by atoms with E-state index in [0.29, 0.717) is 6.04 Å². The van der Waals surface area contributed by atoms with Crippen LogP contribution in [0.5, 0.6) is 0 Å². The number of nitrogens with zero attached hydrogens (tertiary/aromatic N) is 1. The minimum Gasteiger partial charge on any atom is -0.372 e. The number of benzene rings is 1. The zero-order chi connectivity index (χ0) is 14.3. The van der Waals surface area contributed by atoms with Gasteiger partial charge in [-0.15, -0.1) is 0 Å².